The average Bonchev–Trinajstić information content (AvgIpc) is 2.22. The molecule has 1 rings (SSSR count). The van der Waals surface area contributed by atoms with Gasteiger partial charge in [-0.15, -0.1) is 0 Å². The van der Waals surface area contributed by atoms with E-state index in [1.807, 2.05) is 13.8 Å². The molecule has 0 saturated carbocycles. The summed E-state index contributed by atoms with van der Waals surface area (Å²) in [6, 6.07) is 2.98. The molecule has 0 aliphatic carbocycles. The van der Waals surface area contributed by atoms with Gasteiger partial charge in [-0.05, 0) is 18.1 Å². The van der Waals surface area contributed by atoms with Gasteiger partial charge in [-0.2, -0.15) is 0 Å². The van der Waals surface area contributed by atoms with Gasteiger partial charge in [0.2, 0.25) is 5.91 Å². The summed E-state index contributed by atoms with van der Waals surface area (Å²) in [5.74, 6) is -1.61. The van der Waals surface area contributed by atoms with Crippen LogP contribution in [0.2, 0.25) is 0 Å². The number of benzene rings is 1. The summed E-state index contributed by atoms with van der Waals surface area (Å²) in [7, 11) is 0. The summed E-state index contributed by atoms with van der Waals surface area (Å²) in [6.45, 7) is 3.64. The lowest BCUT2D eigenvalue weighted by molar-refractivity contribution is -0.118. The highest BCUT2D eigenvalue weighted by Gasteiger charge is 2.17. The molecule has 0 aliphatic heterocycles. The predicted molar refractivity (Wildman–Crippen MR) is 59.5 cm³/mol. The molecule has 1 aromatic rings. The van der Waals surface area contributed by atoms with Crippen LogP contribution < -0.4 is 11.1 Å². The number of anilines is 1. The number of nitrogens with two attached hydrogens (primary N) is 1. The second-order valence-electron chi connectivity index (χ2n) is 3.93. The number of aromatic hydroxyl groups is 1. The maximum atomic E-state index is 13.0. The van der Waals surface area contributed by atoms with Crippen molar-refractivity contribution in [1.82, 2.24) is 0 Å². The van der Waals surface area contributed by atoms with Gasteiger partial charge in [0.25, 0.3) is 0 Å². The van der Waals surface area contributed by atoms with Gasteiger partial charge < -0.3 is 16.2 Å². The SMILES string of the molecule is CC(C)[C@H](N)C(=O)Nc1ccc(O)c(F)c1. The summed E-state index contributed by atoms with van der Waals surface area (Å²) < 4.78 is 13.0. The minimum Gasteiger partial charge on any atom is -0.505 e. The summed E-state index contributed by atoms with van der Waals surface area (Å²) in [4.78, 5) is 11.5. The van der Waals surface area contributed by atoms with E-state index < -0.39 is 17.6 Å². The van der Waals surface area contributed by atoms with Crippen LogP contribution in [0.5, 0.6) is 5.75 Å². The van der Waals surface area contributed by atoms with Crippen LogP contribution in [0.3, 0.4) is 0 Å². The molecule has 16 heavy (non-hydrogen) atoms. The molecular weight excluding hydrogens is 211 g/mol. The summed E-state index contributed by atoms with van der Waals surface area (Å²) in [5.41, 5.74) is 5.90. The maximum Gasteiger partial charge on any atom is 0.241 e. The highest BCUT2D eigenvalue weighted by atomic mass is 19.1. The molecule has 0 radical (unpaired) electrons. The second kappa shape index (κ2) is 4.94. The van der Waals surface area contributed by atoms with Gasteiger partial charge in [0, 0.05) is 11.8 Å². The van der Waals surface area contributed by atoms with Crippen molar-refractivity contribution in [2.45, 2.75) is 19.9 Å². The second-order valence-corrected chi connectivity index (χ2v) is 3.93. The Morgan fingerprint density at radius 1 is 1.50 bits per heavy atom. The summed E-state index contributed by atoms with van der Waals surface area (Å²) >= 11 is 0. The quantitative estimate of drug-likeness (QED) is 0.683. The van der Waals surface area contributed by atoms with Crippen molar-refractivity contribution in [3.8, 4) is 5.75 Å². The molecule has 0 bridgehead atoms. The van der Waals surface area contributed by atoms with E-state index in [0.29, 0.717) is 0 Å². The Bertz CT molecular complexity index is 394. The number of halogens is 1. The lowest BCUT2D eigenvalue weighted by atomic mass is 10.0. The minimum atomic E-state index is -0.782. The lowest BCUT2D eigenvalue weighted by Crippen LogP contribution is -2.39. The highest BCUT2D eigenvalue weighted by Crippen LogP contribution is 2.19. The number of phenols is 1. The Morgan fingerprint density at radius 3 is 2.62 bits per heavy atom. The van der Waals surface area contributed by atoms with Crippen LogP contribution in [0, 0.1) is 11.7 Å². The molecule has 88 valence electrons. The van der Waals surface area contributed by atoms with Crippen LogP contribution in [-0.2, 0) is 4.79 Å². The fraction of sp³-hybridized carbons (Fsp3) is 0.364. The fourth-order valence-electron chi connectivity index (χ4n) is 1.11. The number of hydrogen-bond acceptors (Lipinski definition) is 3. The third-order valence-electron chi connectivity index (χ3n) is 2.24. The number of hydrogen-bond donors (Lipinski definition) is 3. The van der Waals surface area contributed by atoms with Crippen LogP contribution in [0.4, 0.5) is 10.1 Å². The number of nitrogens with one attached hydrogen (secondary N) is 1. The van der Waals surface area contributed by atoms with E-state index in [4.69, 9.17) is 10.8 Å². The highest BCUT2D eigenvalue weighted by molar-refractivity contribution is 5.94. The van der Waals surface area contributed by atoms with Crippen LogP contribution in [0.1, 0.15) is 13.8 Å². The van der Waals surface area contributed by atoms with Crippen LogP contribution in [0.15, 0.2) is 18.2 Å². The van der Waals surface area contributed by atoms with E-state index in [-0.39, 0.29) is 17.5 Å². The zero-order chi connectivity index (χ0) is 12.3. The van der Waals surface area contributed by atoms with Gasteiger partial charge in [-0.25, -0.2) is 4.39 Å². The van der Waals surface area contributed by atoms with Crippen molar-refractivity contribution >= 4 is 11.6 Å². The van der Waals surface area contributed by atoms with Crippen molar-refractivity contribution < 1.29 is 14.3 Å². The van der Waals surface area contributed by atoms with Crippen molar-refractivity contribution in [3.05, 3.63) is 24.0 Å². The molecule has 4 nitrogen and oxygen atoms in total. The molecule has 1 aromatic carbocycles. The number of carbonyl (C=O) groups is 1. The normalized spacial score (nSPS) is 12.6. The predicted octanol–water partition coefficient (Wildman–Crippen LogP) is 1.45. The Labute approximate surface area is 93.3 Å². The fourth-order valence-corrected chi connectivity index (χ4v) is 1.11. The van der Waals surface area contributed by atoms with Gasteiger partial charge in [0.1, 0.15) is 0 Å². The van der Waals surface area contributed by atoms with E-state index >= 15 is 0 Å². The number of carbonyl (C=O) groups excluding carboxylic acids is 1. The molecule has 0 heterocycles. The van der Waals surface area contributed by atoms with Gasteiger partial charge in [-0.3, -0.25) is 4.79 Å². The molecule has 0 aliphatic rings. The first kappa shape index (κ1) is 12.4. The van der Waals surface area contributed by atoms with E-state index in [1.54, 1.807) is 0 Å². The minimum absolute atomic E-state index is 0.00182. The Kier molecular flexibility index (Phi) is 3.84. The first-order valence-corrected chi connectivity index (χ1v) is 4.96. The first-order valence-electron chi connectivity index (χ1n) is 4.96. The topological polar surface area (TPSA) is 75.4 Å². The molecule has 1 atom stereocenters. The number of amides is 1. The standard InChI is InChI=1S/C11H15FN2O2/c1-6(2)10(13)11(16)14-7-3-4-9(15)8(12)5-7/h3-6,10,15H,13H2,1-2H3,(H,14,16)/t10-/m0/s1. The number of phenolic OH excluding ortho intramolecular Hbond substituents is 1. The number of rotatable bonds is 3. The van der Waals surface area contributed by atoms with E-state index in [1.165, 1.54) is 12.1 Å². The Balaban J connectivity index is 2.74. The zero-order valence-corrected chi connectivity index (χ0v) is 9.20. The van der Waals surface area contributed by atoms with Crippen molar-refractivity contribution in [3.63, 3.8) is 0 Å². The monoisotopic (exact) mass is 226 g/mol. The molecular formula is C11H15FN2O2. The molecule has 4 N–H and O–H groups in total. The van der Waals surface area contributed by atoms with Gasteiger partial charge in [0.15, 0.2) is 11.6 Å². The lowest BCUT2D eigenvalue weighted by Gasteiger charge is -2.15. The molecule has 1 amide bonds. The molecule has 0 unspecified atom stereocenters. The van der Waals surface area contributed by atoms with E-state index in [0.717, 1.165) is 6.07 Å². The van der Waals surface area contributed by atoms with Crippen LogP contribution in [0.25, 0.3) is 0 Å². The van der Waals surface area contributed by atoms with E-state index in [9.17, 15) is 9.18 Å². The summed E-state index contributed by atoms with van der Waals surface area (Å²) in [6.07, 6.45) is 0. The van der Waals surface area contributed by atoms with Crippen LogP contribution in [-0.4, -0.2) is 17.1 Å². The zero-order valence-electron chi connectivity index (χ0n) is 9.20. The smallest absolute Gasteiger partial charge is 0.241 e. The maximum absolute atomic E-state index is 13.0. The van der Waals surface area contributed by atoms with E-state index in [2.05, 4.69) is 5.32 Å². The summed E-state index contributed by atoms with van der Waals surface area (Å²) in [5, 5.41) is 11.4. The largest absolute Gasteiger partial charge is 0.505 e. The van der Waals surface area contributed by atoms with Gasteiger partial charge >= 0.3 is 0 Å². The molecule has 0 aromatic heterocycles. The Morgan fingerprint density at radius 2 is 2.12 bits per heavy atom. The average molecular weight is 226 g/mol. The van der Waals surface area contributed by atoms with Crippen molar-refractivity contribution in [2.75, 3.05) is 5.32 Å². The van der Waals surface area contributed by atoms with Gasteiger partial charge in [0.05, 0.1) is 6.04 Å². The van der Waals surface area contributed by atoms with Crippen LogP contribution >= 0.6 is 0 Å². The molecule has 0 spiro atoms. The first-order chi connectivity index (χ1) is 7.41. The van der Waals surface area contributed by atoms with Crippen molar-refractivity contribution in [1.29, 1.82) is 0 Å². The van der Waals surface area contributed by atoms with Crippen molar-refractivity contribution in [2.24, 2.45) is 11.7 Å². The third-order valence-corrected chi connectivity index (χ3v) is 2.24. The molecule has 5 heteroatoms. The Hall–Kier alpha value is -1.62. The third kappa shape index (κ3) is 2.93. The molecule has 0 saturated heterocycles. The molecule has 0 fully saturated rings. The van der Waals surface area contributed by atoms with Gasteiger partial charge in [-0.1, -0.05) is 13.8 Å².